The first kappa shape index (κ1) is 18.0. The van der Waals surface area contributed by atoms with Crippen LogP contribution in [0.15, 0.2) is 24.3 Å². The van der Waals surface area contributed by atoms with Gasteiger partial charge in [-0.25, -0.2) is 0 Å². The molecular weight excluding hydrogens is 288 g/mol. The van der Waals surface area contributed by atoms with E-state index in [9.17, 15) is 4.79 Å². The molecule has 0 aromatic heterocycles. The molecule has 0 saturated carbocycles. The number of carbonyl (C=O) groups is 1. The second kappa shape index (κ2) is 7.78. The molecule has 1 saturated heterocycles. The largest absolute Gasteiger partial charge is 0.381 e. The minimum absolute atomic E-state index is 0. The third-order valence-corrected chi connectivity index (χ3v) is 4.00. The van der Waals surface area contributed by atoms with Crippen LogP contribution in [-0.4, -0.2) is 30.7 Å². The molecule has 1 aromatic rings. The van der Waals surface area contributed by atoms with Gasteiger partial charge in [0.25, 0.3) is 0 Å². The van der Waals surface area contributed by atoms with Crippen LogP contribution < -0.4 is 11.1 Å². The summed E-state index contributed by atoms with van der Waals surface area (Å²) in [6, 6.07) is 8.32. The lowest BCUT2D eigenvalue weighted by Crippen LogP contribution is -2.58. The Morgan fingerprint density at radius 2 is 2.00 bits per heavy atom. The van der Waals surface area contributed by atoms with Crippen molar-refractivity contribution in [3.05, 3.63) is 35.4 Å². The Balaban J connectivity index is 0.00000220. The van der Waals surface area contributed by atoms with Gasteiger partial charge in [0.2, 0.25) is 5.91 Å². The normalized spacial score (nSPS) is 18.4. The highest BCUT2D eigenvalue weighted by molar-refractivity contribution is 5.86. The maximum absolute atomic E-state index is 12.3. The minimum atomic E-state index is -0.766. The summed E-state index contributed by atoms with van der Waals surface area (Å²) in [6.07, 6.45) is 2.01. The average molecular weight is 313 g/mol. The highest BCUT2D eigenvalue weighted by Crippen LogP contribution is 2.18. The number of aryl methyl sites for hydroxylation is 1. The molecule has 1 amide bonds. The van der Waals surface area contributed by atoms with Crippen molar-refractivity contribution in [1.29, 1.82) is 0 Å². The summed E-state index contributed by atoms with van der Waals surface area (Å²) in [4.78, 5) is 12.3. The van der Waals surface area contributed by atoms with Crippen LogP contribution >= 0.6 is 12.4 Å². The van der Waals surface area contributed by atoms with Gasteiger partial charge in [-0.15, -0.1) is 12.4 Å². The number of ether oxygens (including phenoxy) is 1. The number of nitrogens with one attached hydrogen (secondary N) is 1. The lowest BCUT2D eigenvalue weighted by molar-refractivity contribution is -0.130. The number of benzene rings is 1. The summed E-state index contributed by atoms with van der Waals surface area (Å²) in [6.45, 7) is 5.24. The van der Waals surface area contributed by atoms with Crippen LogP contribution in [0.1, 0.15) is 30.9 Å². The first-order valence-electron chi connectivity index (χ1n) is 7.23. The van der Waals surface area contributed by atoms with Gasteiger partial charge in [0.1, 0.15) is 0 Å². The van der Waals surface area contributed by atoms with Gasteiger partial charge < -0.3 is 15.8 Å². The fraction of sp³-hybridized carbons (Fsp3) is 0.562. The second-order valence-corrected chi connectivity index (χ2v) is 5.77. The standard InChI is InChI=1S/C16H24N2O2.ClH/c1-12-5-3-4-6-14(12)11-13(2)18-15(19)16(17)7-9-20-10-8-16;/h3-6,13H,7-11,17H2,1-2H3,(H,18,19);1H. The molecule has 1 atom stereocenters. The second-order valence-electron chi connectivity index (χ2n) is 5.77. The van der Waals surface area contributed by atoms with Crippen molar-refractivity contribution in [2.24, 2.45) is 5.73 Å². The fourth-order valence-corrected chi connectivity index (χ4v) is 2.55. The quantitative estimate of drug-likeness (QED) is 0.893. The van der Waals surface area contributed by atoms with E-state index in [4.69, 9.17) is 10.5 Å². The van der Waals surface area contributed by atoms with E-state index >= 15 is 0 Å². The third-order valence-electron chi connectivity index (χ3n) is 4.00. The van der Waals surface area contributed by atoms with Crippen LogP contribution in [0.25, 0.3) is 0 Å². The first-order chi connectivity index (χ1) is 9.51. The number of halogens is 1. The molecule has 4 nitrogen and oxygen atoms in total. The van der Waals surface area contributed by atoms with Gasteiger partial charge in [0, 0.05) is 19.3 Å². The van der Waals surface area contributed by atoms with Gasteiger partial charge in [-0.05, 0) is 44.2 Å². The predicted octanol–water partition coefficient (Wildman–Crippen LogP) is 1.97. The molecule has 1 heterocycles. The van der Waals surface area contributed by atoms with Gasteiger partial charge in [-0.3, -0.25) is 4.79 Å². The lowest BCUT2D eigenvalue weighted by atomic mass is 9.90. The maximum Gasteiger partial charge on any atom is 0.240 e. The monoisotopic (exact) mass is 312 g/mol. The fourth-order valence-electron chi connectivity index (χ4n) is 2.55. The molecule has 0 spiro atoms. The van der Waals surface area contributed by atoms with Crippen molar-refractivity contribution < 1.29 is 9.53 Å². The molecule has 21 heavy (non-hydrogen) atoms. The maximum atomic E-state index is 12.3. The van der Waals surface area contributed by atoms with Crippen molar-refractivity contribution in [1.82, 2.24) is 5.32 Å². The molecule has 5 heteroatoms. The third kappa shape index (κ3) is 4.70. The molecule has 1 fully saturated rings. The van der Waals surface area contributed by atoms with Crippen molar-refractivity contribution >= 4 is 18.3 Å². The smallest absolute Gasteiger partial charge is 0.240 e. The molecule has 0 aliphatic carbocycles. The lowest BCUT2D eigenvalue weighted by Gasteiger charge is -2.33. The first-order valence-corrected chi connectivity index (χ1v) is 7.23. The van der Waals surface area contributed by atoms with Crippen LogP contribution in [-0.2, 0) is 16.0 Å². The van der Waals surface area contributed by atoms with E-state index in [1.54, 1.807) is 0 Å². The van der Waals surface area contributed by atoms with Gasteiger partial charge in [-0.2, -0.15) is 0 Å². The average Bonchev–Trinajstić information content (AvgIpc) is 2.42. The highest BCUT2D eigenvalue weighted by Gasteiger charge is 2.36. The van der Waals surface area contributed by atoms with Crippen molar-refractivity contribution in [2.45, 2.75) is 44.7 Å². The summed E-state index contributed by atoms with van der Waals surface area (Å²) in [5.41, 5.74) is 7.93. The SMILES string of the molecule is Cc1ccccc1CC(C)NC(=O)C1(N)CCOCC1.Cl. The Morgan fingerprint density at radius 1 is 1.38 bits per heavy atom. The van der Waals surface area contributed by atoms with E-state index in [1.165, 1.54) is 11.1 Å². The molecule has 0 bridgehead atoms. The Hall–Kier alpha value is -1.10. The van der Waals surface area contributed by atoms with Crippen LogP contribution in [0, 0.1) is 6.92 Å². The number of amides is 1. The number of rotatable bonds is 4. The van der Waals surface area contributed by atoms with E-state index in [0.29, 0.717) is 26.1 Å². The van der Waals surface area contributed by atoms with Crippen LogP contribution in [0.3, 0.4) is 0 Å². The van der Waals surface area contributed by atoms with Crippen LogP contribution in [0.4, 0.5) is 0 Å². The number of nitrogens with two attached hydrogens (primary N) is 1. The van der Waals surface area contributed by atoms with Crippen molar-refractivity contribution in [2.75, 3.05) is 13.2 Å². The number of hydrogen-bond donors (Lipinski definition) is 2. The topological polar surface area (TPSA) is 64.4 Å². The summed E-state index contributed by atoms with van der Waals surface area (Å²) in [7, 11) is 0. The molecule has 1 aliphatic rings. The van der Waals surface area contributed by atoms with E-state index < -0.39 is 5.54 Å². The minimum Gasteiger partial charge on any atom is -0.381 e. The Kier molecular flexibility index (Phi) is 6.65. The van der Waals surface area contributed by atoms with Gasteiger partial charge in [-0.1, -0.05) is 24.3 Å². The van der Waals surface area contributed by atoms with Gasteiger partial charge >= 0.3 is 0 Å². The number of carbonyl (C=O) groups excluding carboxylic acids is 1. The molecule has 2 rings (SSSR count). The van der Waals surface area contributed by atoms with Gasteiger partial charge in [0.15, 0.2) is 0 Å². The van der Waals surface area contributed by atoms with E-state index in [0.717, 1.165) is 6.42 Å². The summed E-state index contributed by atoms with van der Waals surface area (Å²) in [5.74, 6) is -0.0538. The van der Waals surface area contributed by atoms with E-state index in [2.05, 4.69) is 24.4 Å². The zero-order chi connectivity index (χ0) is 14.6. The Morgan fingerprint density at radius 3 is 2.62 bits per heavy atom. The van der Waals surface area contributed by atoms with Crippen molar-refractivity contribution in [3.63, 3.8) is 0 Å². The van der Waals surface area contributed by atoms with E-state index in [-0.39, 0.29) is 24.4 Å². The molecule has 3 N–H and O–H groups in total. The summed E-state index contributed by atoms with van der Waals surface area (Å²) < 4.78 is 5.27. The Bertz CT molecular complexity index is 473. The summed E-state index contributed by atoms with van der Waals surface area (Å²) in [5, 5.41) is 3.05. The van der Waals surface area contributed by atoms with Crippen molar-refractivity contribution in [3.8, 4) is 0 Å². The number of hydrogen-bond acceptors (Lipinski definition) is 3. The van der Waals surface area contributed by atoms with Gasteiger partial charge in [0.05, 0.1) is 5.54 Å². The predicted molar refractivity (Wildman–Crippen MR) is 86.7 cm³/mol. The molecule has 1 aliphatic heterocycles. The van der Waals surface area contributed by atoms with E-state index in [1.807, 2.05) is 19.1 Å². The molecule has 1 unspecified atom stereocenters. The molecule has 0 radical (unpaired) electrons. The molecular formula is C16H25ClN2O2. The highest BCUT2D eigenvalue weighted by atomic mass is 35.5. The van der Waals surface area contributed by atoms with Crippen LogP contribution in [0.2, 0.25) is 0 Å². The zero-order valence-corrected chi connectivity index (χ0v) is 13.5. The Labute approximate surface area is 132 Å². The van der Waals surface area contributed by atoms with Crippen LogP contribution in [0.5, 0.6) is 0 Å². The zero-order valence-electron chi connectivity index (χ0n) is 12.7. The molecule has 1 aromatic carbocycles. The summed E-state index contributed by atoms with van der Waals surface area (Å²) >= 11 is 0. The molecule has 118 valence electrons.